The Bertz CT molecular complexity index is 837. The maximum absolute atomic E-state index is 12.0. The molecule has 1 aliphatic rings. The smallest absolute Gasteiger partial charge is 0.432 e. The Kier molecular flexibility index (Phi) is 7.99. The largest absolute Gasteiger partial charge is 0.492 e. The number of likely N-dealkylation sites (tertiary alicyclic amines) is 1. The van der Waals surface area contributed by atoms with E-state index < -0.39 is 12.2 Å². The van der Waals surface area contributed by atoms with Crippen LogP contribution in [0.4, 0.5) is 9.59 Å². The second-order valence-electron chi connectivity index (χ2n) is 7.33. The molecule has 2 aromatic rings. The SMILES string of the molecule is O=C(NCCN1CCC[C@H](NC(=O)On2c(O)ccc2O)CC1)OCc1ccccc1. The van der Waals surface area contributed by atoms with Gasteiger partial charge in [-0.15, -0.1) is 4.73 Å². The Labute approximate surface area is 180 Å². The third-order valence-corrected chi connectivity index (χ3v) is 5.02. The summed E-state index contributed by atoms with van der Waals surface area (Å²) in [6, 6.07) is 11.9. The van der Waals surface area contributed by atoms with E-state index >= 15 is 0 Å². The van der Waals surface area contributed by atoms with E-state index in [1.54, 1.807) is 0 Å². The van der Waals surface area contributed by atoms with Crippen molar-refractivity contribution in [2.24, 2.45) is 0 Å². The summed E-state index contributed by atoms with van der Waals surface area (Å²) >= 11 is 0. The molecule has 10 nitrogen and oxygen atoms in total. The Morgan fingerprint density at radius 3 is 2.48 bits per heavy atom. The third-order valence-electron chi connectivity index (χ3n) is 5.02. The number of hydrogen-bond donors (Lipinski definition) is 4. The average Bonchev–Trinajstić information content (AvgIpc) is 2.94. The zero-order valence-corrected chi connectivity index (χ0v) is 17.2. The van der Waals surface area contributed by atoms with Crippen molar-refractivity contribution in [3.63, 3.8) is 0 Å². The van der Waals surface area contributed by atoms with Crippen LogP contribution in [0.25, 0.3) is 0 Å². The number of hydrogen-bond acceptors (Lipinski definition) is 7. The number of carbonyl (C=O) groups excluding carboxylic acids is 2. The summed E-state index contributed by atoms with van der Waals surface area (Å²) in [5.74, 6) is -0.732. The van der Waals surface area contributed by atoms with Gasteiger partial charge in [-0.05, 0) is 31.4 Å². The van der Waals surface area contributed by atoms with Gasteiger partial charge in [0.05, 0.1) is 0 Å². The number of alkyl carbamates (subject to hydrolysis) is 1. The number of rotatable bonds is 7. The number of nitrogens with one attached hydrogen (secondary N) is 2. The van der Waals surface area contributed by atoms with Gasteiger partial charge in [-0.2, -0.15) is 0 Å². The third kappa shape index (κ3) is 7.10. The van der Waals surface area contributed by atoms with Crippen molar-refractivity contribution in [3.05, 3.63) is 48.0 Å². The van der Waals surface area contributed by atoms with Gasteiger partial charge in [0.15, 0.2) is 0 Å². The first kappa shape index (κ1) is 22.3. The molecule has 10 heteroatoms. The van der Waals surface area contributed by atoms with Crippen LogP contribution in [0.3, 0.4) is 0 Å². The van der Waals surface area contributed by atoms with E-state index in [1.165, 1.54) is 12.1 Å². The molecule has 1 atom stereocenters. The predicted molar refractivity (Wildman–Crippen MR) is 112 cm³/mol. The fourth-order valence-corrected chi connectivity index (χ4v) is 3.39. The molecule has 2 amide bonds. The summed E-state index contributed by atoms with van der Waals surface area (Å²) in [4.78, 5) is 31.0. The average molecular weight is 432 g/mol. The van der Waals surface area contributed by atoms with E-state index in [2.05, 4.69) is 15.5 Å². The lowest BCUT2D eigenvalue weighted by Crippen LogP contribution is -2.40. The molecule has 0 spiro atoms. The zero-order valence-electron chi connectivity index (χ0n) is 17.2. The molecule has 0 aliphatic carbocycles. The number of aromatic nitrogens is 1. The highest BCUT2D eigenvalue weighted by molar-refractivity contribution is 5.68. The van der Waals surface area contributed by atoms with E-state index in [4.69, 9.17) is 9.57 Å². The number of aromatic hydroxyl groups is 2. The lowest BCUT2D eigenvalue weighted by molar-refractivity contribution is 0.104. The normalized spacial score (nSPS) is 16.8. The Morgan fingerprint density at radius 1 is 1.00 bits per heavy atom. The second kappa shape index (κ2) is 11.1. The van der Waals surface area contributed by atoms with Crippen molar-refractivity contribution in [2.45, 2.75) is 31.9 Å². The van der Waals surface area contributed by atoms with Crippen LogP contribution in [0.1, 0.15) is 24.8 Å². The van der Waals surface area contributed by atoms with Crippen molar-refractivity contribution < 1.29 is 29.4 Å². The van der Waals surface area contributed by atoms with Crippen molar-refractivity contribution in [1.82, 2.24) is 20.3 Å². The molecular formula is C21H28N4O6. The standard InChI is InChI=1S/C21H28N4O6/c26-18-8-9-19(27)25(18)31-21(29)23-17-7-4-12-24(13-10-17)14-11-22-20(28)30-15-16-5-2-1-3-6-16/h1-3,5-6,8-9,17,26-27H,4,7,10-15H2,(H,22,28)(H,23,29)/t17-/m0/s1. The number of amides is 2. The van der Waals surface area contributed by atoms with E-state index in [0.717, 1.165) is 37.9 Å². The van der Waals surface area contributed by atoms with E-state index in [1.807, 2.05) is 30.3 Å². The molecular weight excluding hydrogens is 404 g/mol. The zero-order chi connectivity index (χ0) is 22.1. The first-order chi connectivity index (χ1) is 15.0. The van der Waals surface area contributed by atoms with Gasteiger partial charge in [-0.3, -0.25) is 0 Å². The van der Waals surface area contributed by atoms with Crippen LogP contribution in [0.15, 0.2) is 42.5 Å². The van der Waals surface area contributed by atoms with Gasteiger partial charge >= 0.3 is 12.2 Å². The van der Waals surface area contributed by atoms with Crippen LogP contribution >= 0.6 is 0 Å². The van der Waals surface area contributed by atoms with Crippen LogP contribution in [-0.2, 0) is 11.3 Å². The molecule has 1 aromatic carbocycles. The van der Waals surface area contributed by atoms with Gasteiger partial charge in [0.2, 0.25) is 11.8 Å². The van der Waals surface area contributed by atoms with Gasteiger partial charge in [0, 0.05) is 37.8 Å². The molecule has 0 saturated carbocycles. The minimum absolute atomic E-state index is 0.0823. The van der Waals surface area contributed by atoms with E-state index in [-0.39, 0.29) is 24.4 Å². The summed E-state index contributed by atoms with van der Waals surface area (Å²) in [5.41, 5.74) is 0.935. The molecule has 0 radical (unpaired) electrons. The Hall–Kier alpha value is -3.40. The molecule has 2 heterocycles. The monoisotopic (exact) mass is 432 g/mol. The minimum atomic E-state index is -0.747. The molecule has 168 valence electrons. The summed E-state index contributed by atoms with van der Waals surface area (Å²) in [7, 11) is 0. The highest BCUT2D eigenvalue weighted by Gasteiger charge is 2.20. The van der Waals surface area contributed by atoms with Crippen LogP contribution in [0, 0.1) is 0 Å². The van der Waals surface area contributed by atoms with Gasteiger partial charge in [-0.1, -0.05) is 30.3 Å². The van der Waals surface area contributed by atoms with Crippen molar-refractivity contribution in [3.8, 4) is 11.8 Å². The van der Waals surface area contributed by atoms with Crippen molar-refractivity contribution in [1.29, 1.82) is 0 Å². The number of ether oxygens (including phenoxy) is 1. The quantitative estimate of drug-likeness (QED) is 0.526. The molecule has 0 bridgehead atoms. The predicted octanol–water partition coefficient (Wildman–Crippen LogP) is 1.82. The topological polar surface area (TPSA) is 125 Å². The summed E-state index contributed by atoms with van der Waals surface area (Å²) in [5, 5.41) is 24.6. The first-order valence-electron chi connectivity index (χ1n) is 10.3. The summed E-state index contributed by atoms with van der Waals surface area (Å²) < 4.78 is 5.85. The number of carbonyl (C=O) groups is 2. The Morgan fingerprint density at radius 2 is 1.74 bits per heavy atom. The lowest BCUT2D eigenvalue weighted by Gasteiger charge is -2.20. The lowest BCUT2D eigenvalue weighted by atomic mass is 10.1. The van der Waals surface area contributed by atoms with Gasteiger partial charge in [0.1, 0.15) is 6.61 Å². The highest BCUT2D eigenvalue weighted by atomic mass is 16.7. The molecule has 1 saturated heterocycles. The van der Waals surface area contributed by atoms with Crippen molar-refractivity contribution >= 4 is 12.2 Å². The van der Waals surface area contributed by atoms with Gasteiger partial charge in [-0.25, -0.2) is 9.59 Å². The van der Waals surface area contributed by atoms with Crippen molar-refractivity contribution in [2.75, 3.05) is 26.2 Å². The molecule has 1 aromatic heterocycles. The molecule has 0 unspecified atom stereocenters. The fourth-order valence-electron chi connectivity index (χ4n) is 3.39. The van der Waals surface area contributed by atoms with E-state index in [9.17, 15) is 19.8 Å². The van der Waals surface area contributed by atoms with Crippen LogP contribution in [0.5, 0.6) is 11.8 Å². The summed E-state index contributed by atoms with van der Waals surface area (Å²) in [6.07, 6.45) is 1.18. The number of benzene rings is 1. The fraction of sp³-hybridized carbons (Fsp3) is 0.429. The first-order valence-corrected chi connectivity index (χ1v) is 10.3. The maximum Gasteiger partial charge on any atom is 0.432 e. The minimum Gasteiger partial charge on any atom is -0.492 e. The molecule has 3 rings (SSSR count). The van der Waals surface area contributed by atoms with Crippen LogP contribution in [0.2, 0.25) is 0 Å². The Balaban J connectivity index is 1.32. The maximum atomic E-state index is 12.0. The molecule has 1 fully saturated rings. The van der Waals surface area contributed by atoms with Crippen LogP contribution < -0.4 is 15.5 Å². The highest BCUT2D eigenvalue weighted by Crippen LogP contribution is 2.19. The van der Waals surface area contributed by atoms with E-state index in [0.29, 0.717) is 17.8 Å². The van der Waals surface area contributed by atoms with Crippen LogP contribution in [-0.4, -0.2) is 64.3 Å². The number of nitrogens with zero attached hydrogens (tertiary/aromatic N) is 2. The summed E-state index contributed by atoms with van der Waals surface area (Å²) in [6.45, 7) is 3.00. The molecule has 1 aliphatic heterocycles. The van der Waals surface area contributed by atoms with Gasteiger partial charge < -0.3 is 35.3 Å². The van der Waals surface area contributed by atoms with Gasteiger partial charge in [0.25, 0.3) is 0 Å². The second-order valence-corrected chi connectivity index (χ2v) is 7.33. The molecule has 31 heavy (non-hydrogen) atoms. The molecule has 4 N–H and O–H groups in total.